The molecule has 3 heteroatoms. The highest BCUT2D eigenvalue weighted by Crippen LogP contribution is 1.90. The van der Waals surface area contributed by atoms with Gasteiger partial charge in [0.2, 0.25) is 5.91 Å². The highest BCUT2D eigenvalue weighted by molar-refractivity contribution is 5.73. The van der Waals surface area contributed by atoms with E-state index >= 15 is 0 Å². The number of rotatable bonds is 1. The number of hydrogen-bond donors (Lipinski definition) is 2. The van der Waals surface area contributed by atoms with Gasteiger partial charge in [0.05, 0.1) is 0 Å². The molecule has 1 heterocycles. The number of amides is 1. The van der Waals surface area contributed by atoms with Crippen LogP contribution in [0.4, 0.5) is 0 Å². The maximum absolute atomic E-state index is 9.59. The van der Waals surface area contributed by atoms with E-state index in [4.69, 9.17) is 0 Å². The van der Waals surface area contributed by atoms with E-state index in [1.807, 2.05) is 0 Å². The fourth-order valence-electron chi connectivity index (χ4n) is 0.625. The second-order valence-electron chi connectivity index (χ2n) is 2.28. The normalized spacial score (nSPS) is 15.7. The van der Waals surface area contributed by atoms with Crippen LogP contribution in [-0.4, -0.2) is 19.0 Å². The van der Waals surface area contributed by atoms with E-state index in [9.17, 15) is 4.79 Å². The number of carbonyl (C=O) groups is 1. The summed E-state index contributed by atoms with van der Waals surface area (Å²) < 4.78 is 0. The van der Waals surface area contributed by atoms with Crippen LogP contribution < -0.4 is 11.1 Å². The van der Waals surface area contributed by atoms with Crippen LogP contribution in [0.25, 0.3) is 0 Å². The summed E-state index contributed by atoms with van der Waals surface area (Å²) in [6, 6.07) is 0. The second-order valence-corrected chi connectivity index (χ2v) is 2.28. The highest BCUT2D eigenvalue weighted by atomic mass is 16.1. The minimum Gasteiger partial charge on any atom is -0.370 e. The Morgan fingerprint density at radius 3 is 2.00 bits per heavy atom. The van der Waals surface area contributed by atoms with Crippen LogP contribution in [0.5, 0.6) is 0 Å². The van der Waals surface area contributed by atoms with Gasteiger partial charge in [-0.15, -0.1) is 0 Å². The fourth-order valence-corrected chi connectivity index (χ4v) is 0.625. The van der Waals surface area contributed by atoms with Crippen molar-refractivity contribution >= 4 is 5.91 Å². The summed E-state index contributed by atoms with van der Waals surface area (Å²) in [7, 11) is 0. The van der Waals surface area contributed by atoms with E-state index in [0.717, 1.165) is 0 Å². The second kappa shape index (κ2) is 6.55. The molecule has 1 fully saturated rings. The van der Waals surface area contributed by atoms with Crippen molar-refractivity contribution in [2.24, 2.45) is 5.73 Å². The molecule has 0 atom stereocenters. The number of carbonyl (C=O) groups excluding carboxylic acids is 1. The third-order valence-corrected chi connectivity index (χ3v) is 1.31. The molecule has 60 valence electrons. The zero-order chi connectivity index (χ0) is 7.82. The number of primary amides is 1. The molecule has 1 aliphatic heterocycles. The van der Waals surface area contributed by atoms with E-state index in [1.165, 1.54) is 25.9 Å². The molecule has 0 spiro atoms. The molecule has 0 saturated carbocycles. The Labute approximate surface area is 62.0 Å². The Kier molecular flexibility index (Phi) is 6.18. The van der Waals surface area contributed by atoms with Crippen LogP contribution in [0.15, 0.2) is 0 Å². The maximum atomic E-state index is 9.59. The van der Waals surface area contributed by atoms with Crippen molar-refractivity contribution < 1.29 is 4.79 Å². The standard InChI is InChI=1S/C4H9N.C3H7NO/c1-2-4-5-3-1;1-2-3(4)5/h5H,1-4H2;2H2,1H3,(H2,4,5). The average Bonchev–Trinajstić information content (AvgIpc) is 2.43. The van der Waals surface area contributed by atoms with Gasteiger partial charge < -0.3 is 11.1 Å². The first-order valence-corrected chi connectivity index (χ1v) is 3.76. The summed E-state index contributed by atoms with van der Waals surface area (Å²) in [4.78, 5) is 9.59. The van der Waals surface area contributed by atoms with E-state index < -0.39 is 0 Å². The molecular weight excluding hydrogens is 128 g/mol. The van der Waals surface area contributed by atoms with Gasteiger partial charge in [0, 0.05) is 6.42 Å². The van der Waals surface area contributed by atoms with Crippen LogP contribution in [0.1, 0.15) is 26.2 Å². The van der Waals surface area contributed by atoms with Crippen LogP contribution in [0.3, 0.4) is 0 Å². The number of nitrogens with two attached hydrogens (primary N) is 1. The quantitative estimate of drug-likeness (QED) is 0.554. The van der Waals surface area contributed by atoms with Gasteiger partial charge in [-0.3, -0.25) is 4.79 Å². The van der Waals surface area contributed by atoms with Crippen molar-refractivity contribution in [1.82, 2.24) is 5.32 Å². The summed E-state index contributed by atoms with van der Waals surface area (Å²) in [5.74, 6) is -0.245. The first-order valence-electron chi connectivity index (χ1n) is 3.76. The number of hydrogen-bond acceptors (Lipinski definition) is 2. The Morgan fingerprint density at radius 2 is 1.90 bits per heavy atom. The molecule has 1 rings (SSSR count). The summed E-state index contributed by atoms with van der Waals surface area (Å²) in [6.07, 6.45) is 3.22. The van der Waals surface area contributed by atoms with Gasteiger partial charge in [-0.2, -0.15) is 0 Å². The molecule has 1 saturated heterocycles. The van der Waals surface area contributed by atoms with Gasteiger partial charge in [0.15, 0.2) is 0 Å². The van der Waals surface area contributed by atoms with Crippen LogP contribution in [0.2, 0.25) is 0 Å². The molecule has 0 aromatic heterocycles. The van der Waals surface area contributed by atoms with Crippen molar-refractivity contribution in [2.45, 2.75) is 26.2 Å². The molecule has 3 N–H and O–H groups in total. The topological polar surface area (TPSA) is 55.1 Å². The number of nitrogens with one attached hydrogen (secondary N) is 1. The molecule has 0 aliphatic carbocycles. The Bertz CT molecular complexity index is 82.0. The van der Waals surface area contributed by atoms with Gasteiger partial charge in [-0.25, -0.2) is 0 Å². The highest BCUT2D eigenvalue weighted by Gasteiger charge is 1.93. The van der Waals surface area contributed by atoms with E-state index in [-0.39, 0.29) is 5.91 Å². The van der Waals surface area contributed by atoms with E-state index in [2.05, 4.69) is 11.1 Å². The van der Waals surface area contributed by atoms with Crippen LogP contribution in [-0.2, 0) is 4.79 Å². The average molecular weight is 144 g/mol. The molecule has 0 aromatic carbocycles. The van der Waals surface area contributed by atoms with Crippen molar-refractivity contribution in [1.29, 1.82) is 0 Å². The summed E-state index contributed by atoms with van der Waals surface area (Å²) in [5, 5.41) is 3.22. The molecule has 0 aromatic rings. The van der Waals surface area contributed by atoms with E-state index in [1.54, 1.807) is 6.92 Å². The van der Waals surface area contributed by atoms with Gasteiger partial charge in [0.1, 0.15) is 0 Å². The molecule has 0 radical (unpaired) electrons. The van der Waals surface area contributed by atoms with Crippen molar-refractivity contribution in [3.05, 3.63) is 0 Å². The van der Waals surface area contributed by atoms with Crippen molar-refractivity contribution in [3.8, 4) is 0 Å². The molecule has 10 heavy (non-hydrogen) atoms. The largest absolute Gasteiger partial charge is 0.370 e. The first kappa shape index (κ1) is 9.43. The van der Waals surface area contributed by atoms with Crippen LogP contribution >= 0.6 is 0 Å². The zero-order valence-electron chi connectivity index (χ0n) is 6.52. The third-order valence-electron chi connectivity index (χ3n) is 1.31. The van der Waals surface area contributed by atoms with Crippen molar-refractivity contribution in [2.75, 3.05) is 13.1 Å². The minimum atomic E-state index is -0.245. The van der Waals surface area contributed by atoms with Gasteiger partial charge >= 0.3 is 0 Å². The smallest absolute Gasteiger partial charge is 0.217 e. The Balaban J connectivity index is 0.000000162. The van der Waals surface area contributed by atoms with Gasteiger partial charge in [-0.1, -0.05) is 6.92 Å². The van der Waals surface area contributed by atoms with Gasteiger partial charge in [-0.05, 0) is 25.9 Å². The lowest BCUT2D eigenvalue weighted by Gasteiger charge is -1.76. The lowest BCUT2D eigenvalue weighted by molar-refractivity contribution is -0.117. The summed E-state index contributed by atoms with van der Waals surface area (Å²) in [6.45, 7) is 4.22. The SMILES string of the molecule is C1CCNC1.CCC(N)=O. The maximum Gasteiger partial charge on any atom is 0.217 e. The zero-order valence-corrected chi connectivity index (χ0v) is 6.52. The first-order chi connectivity index (χ1) is 4.77. The summed E-state index contributed by atoms with van der Waals surface area (Å²) in [5.41, 5.74) is 4.65. The fraction of sp³-hybridized carbons (Fsp3) is 0.857. The minimum absolute atomic E-state index is 0.245. The monoisotopic (exact) mass is 144 g/mol. The van der Waals surface area contributed by atoms with Crippen LogP contribution in [0, 0.1) is 0 Å². The predicted octanol–water partition coefficient (Wildman–Crippen LogP) is 0.251. The third kappa shape index (κ3) is 7.43. The molecule has 1 aliphatic rings. The molecular formula is C7H16N2O. The van der Waals surface area contributed by atoms with Gasteiger partial charge in [0.25, 0.3) is 0 Å². The Hall–Kier alpha value is -0.570. The molecule has 0 unspecified atom stereocenters. The summed E-state index contributed by atoms with van der Waals surface area (Å²) >= 11 is 0. The Morgan fingerprint density at radius 1 is 1.50 bits per heavy atom. The van der Waals surface area contributed by atoms with Crippen molar-refractivity contribution in [3.63, 3.8) is 0 Å². The predicted molar refractivity (Wildman–Crippen MR) is 41.6 cm³/mol. The molecule has 1 amide bonds. The van der Waals surface area contributed by atoms with E-state index in [0.29, 0.717) is 6.42 Å². The lowest BCUT2D eigenvalue weighted by Crippen LogP contribution is -2.06. The molecule has 3 nitrogen and oxygen atoms in total. The molecule has 0 bridgehead atoms. The lowest BCUT2D eigenvalue weighted by atomic mass is 10.4.